The molecule has 11 heavy (non-hydrogen) atoms. The fourth-order valence-electron chi connectivity index (χ4n) is 1.85. The smallest absolute Gasteiger partial charge is 0.00504 e. The van der Waals surface area contributed by atoms with E-state index in [4.69, 9.17) is 5.73 Å². The van der Waals surface area contributed by atoms with Crippen LogP contribution in [0.1, 0.15) is 20.8 Å². The molecule has 0 amide bonds. The van der Waals surface area contributed by atoms with Crippen molar-refractivity contribution in [3.05, 3.63) is 0 Å². The Morgan fingerprint density at radius 1 is 1.64 bits per heavy atom. The number of hydrogen-bond donors (Lipinski definition) is 1. The maximum absolute atomic E-state index is 5.75. The Hall–Kier alpha value is -0.0800. The normalized spacial score (nSPS) is 39.8. The summed E-state index contributed by atoms with van der Waals surface area (Å²) < 4.78 is 0. The molecule has 2 heteroatoms. The van der Waals surface area contributed by atoms with Crippen LogP contribution < -0.4 is 5.73 Å². The van der Waals surface area contributed by atoms with Crippen molar-refractivity contribution in [2.45, 2.75) is 20.8 Å². The Bertz CT molecular complexity index is 136. The molecular formula is C9H20N2. The monoisotopic (exact) mass is 156 g/mol. The van der Waals surface area contributed by atoms with Crippen LogP contribution in [0.5, 0.6) is 0 Å². The first-order valence-electron chi connectivity index (χ1n) is 4.55. The molecule has 1 saturated heterocycles. The van der Waals surface area contributed by atoms with E-state index in [0.29, 0.717) is 5.41 Å². The fraction of sp³-hybridized carbons (Fsp3) is 1.00. The lowest BCUT2D eigenvalue weighted by molar-refractivity contribution is 0.266. The molecule has 0 radical (unpaired) electrons. The summed E-state index contributed by atoms with van der Waals surface area (Å²) in [5.41, 5.74) is 6.12. The minimum atomic E-state index is 0.371. The highest BCUT2D eigenvalue weighted by Gasteiger charge is 2.38. The Morgan fingerprint density at radius 3 is 2.55 bits per heavy atom. The minimum Gasteiger partial charge on any atom is -0.330 e. The number of hydrogen-bond acceptors (Lipinski definition) is 2. The van der Waals surface area contributed by atoms with Crippen LogP contribution in [0.3, 0.4) is 0 Å². The molecule has 0 bridgehead atoms. The lowest BCUT2D eigenvalue weighted by Gasteiger charge is -2.26. The standard InChI is InChI=1S/C9H20N2/c1-4-11-5-8(2)9(3,6-10)7-11/h8H,4-7,10H2,1-3H3. The summed E-state index contributed by atoms with van der Waals surface area (Å²) in [5, 5.41) is 0. The van der Waals surface area contributed by atoms with Gasteiger partial charge in [0.1, 0.15) is 0 Å². The molecule has 0 aromatic rings. The lowest BCUT2D eigenvalue weighted by atomic mass is 9.81. The van der Waals surface area contributed by atoms with Gasteiger partial charge in [0.25, 0.3) is 0 Å². The van der Waals surface area contributed by atoms with Crippen LogP contribution in [0.25, 0.3) is 0 Å². The molecule has 1 heterocycles. The second-order valence-electron chi connectivity index (χ2n) is 4.09. The van der Waals surface area contributed by atoms with Crippen molar-refractivity contribution in [1.29, 1.82) is 0 Å². The molecule has 1 aliphatic heterocycles. The van der Waals surface area contributed by atoms with E-state index in [-0.39, 0.29) is 0 Å². The van der Waals surface area contributed by atoms with Crippen LogP contribution in [0.4, 0.5) is 0 Å². The predicted octanol–water partition coefficient (Wildman–Crippen LogP) is 0.923. The molecule has 66 valence electrons. The van der Waals surface area contributed by atoms with E-state index in [2.05, 4.69) is 25.7 Å². The van der Waals surface area contributed by atoms with Gasteiger partial charge in [0.2, 0.25) is 0 Å². The van der Waals surface area contributed by atoms with Crippen LogP contribution in [0, 0.1) is 11.3 Å². The van der Waals surface area contributed by atoms with Gasteiger partial charge in [-0.25, -0.2) is 0 Å². The molecule has 1 rings (SSSR count). The van der Waals surface area contributed by atoms with Crippen LogP contribution in [-0.2, 0) is 0 Å². The zero-order valence-electron chi connectivity index (χ0n) is 7.93. The van der Waals surface area contributed by atoms with Crippen molar-refractivity contribution in [3.63, 3.8) is 0 Å². The van der Waals surface area contributed by atoms with Gasteiger partial charge in [0.05, 0.1) is 0 Å². The fourth-order valence-corrected chi connectivity index (χ4v) is 1.85. The van der Waals surface area contributed by atoms with Gasteiger partial charge in [-0.05, 0) is 24.4 Å². The van der Waals surface area contributed by atoms with Crippen molar-refractivity contribution in [2.75, 3.05) is 26.2 Å². The number of nitrogens with zero attached hydrogens (tertiary/aromatic N) is 1. The SMILES string of the molecule is CCN1CC(C)C(C)(CN)C1. The van der Waals surface area contributed by atoms with Gasteiger partial charge in [0.15, 0.2) is 0 Å². The van der Waals surface area contributed by atoms with Gasteiger partial charge in [0, 0.05) is 13.1 Å². The third-order valence-corrected chi connectivity index (χ3v) is 3.22. The molecule has 0 aliphatic carbocycles. The largest absolute Gasteiger partial charge is 0.330 e. The molecule has 0 saturated carbocycles. The van der Waals surface area contributed by atoms with Gasteiger partial charge in [-0.2, -0.15) is 0 Å². The zero-order chi connectivity index (χ0) is 8.48. The summed E-state index contributed by atoms with van der Waals surface area (Å²) in [4.78, 5) is 2.48. The van der Waals surface area contributed by atoms with E-state index < -0.39 is 0 Å². The quantitative estimate of drug-likeness (QED) is 0.644. The summed E-state index contributed by atoms with van der Waals surface area (Å²) in [5.74, 6) is 0.757. The average molecular weight is 156 g/mol. The molecule has 2 N–H and O–H groups in total. The van der Waals surface area contributed by atoms with E-state index in [1.54, 1.807) is 0 Å². The Balaban J connectivity index is 2.57. The van der Waals surface area contributed by atoms with Crippen LogP contribution >= 0.6 is 0 Å². The third-order valence-electron chi connectivity index (χ3n) is 3.22. The van der Waals surface area contributed by atoms with Crippen LogP contribution in [0.15, 0.2) is 0 Å². The average Bonchev–Trinajstić information content (AvgIpc) is 2.29. The summed E-state index contributed by atoms with van der Waals surface area (Å²) >= 11 is 0. The minimum absolute atomic E-state index is 0.371. The molecule has 0 aromatic carbocycles. The highest BCUT2D eigenvalue weighted by Crippen LogP contribution is 2.33. The maximum Gasteiger partial charge on any atom is 0.00504 e. The number of nitrogens with two attached hydrogens (primary N) is 1. The number of rotatable bonds is 2. The highest BCUT2D eigenvalue weighted by atomic mass is 15.2. The Morgan fingerprint density at radius 2 is 2.27 bits per heavy atom. The van der Waals surface area contributed by atoms with Crippen LogP contribution in [0.2, 0.25) is 0 Å². The van der Waals surface area contributed by atoms with E-state index in [1.807, 2.05) is 0 Å². The molecule has 2 atom stereocenters. The molecule has 0 spiro atoms. The first-order chi connectivity index (χ1) is 5.12. The van der Waals surface area contributed by atoms with E-state index in [0.717, 1.165) is 12.5 Å². The van der Waals surface area contributed by atoms with E-state index >= 15 is 0 Å². The molecule has 0 aromatic heterocycles. The van der Waals surface area contributed by atoms with Crippen LogP contribution in [-0.4, -0.2) is 31.1 Å². The first kappa shape index (κ1) is 9.01. The van der Waals surface area contributed by atoms with Crippen molar-refractivity contribution in [2.24, 2.45) is 17.1 Å². The van der Waals surface area contributed by atoms with Crippen molar-refractivity contribution in [1.82, 2.24) is 4.90 Å². The van der Waals surface area contributed by atoms with Crippen molar-refractivity contribution >= 4 is 0 Å². The lowest BCUT2D eigenvalue weighted by Crippen LogP contribution is -2.34. The molecule has 2 unspecified atom stereocenters. The van der Waals surface area contributed by atoms with Crippen molar-refractivity contribution in [3.8, 4) is 0 Å². The zero-order valence-corrected chi connectivity index (χ0v) is 7.93. The van der Waals surface area contributed by atoms with Crippen molar-refractivity contribution < 1.29 is 0 Å². The van der Waals surface area contributed by atoms with Gasteiger partial charge in [-0.1, -0.05) is 20.8 Å². The first-order valence-corrected chi connectivity index (χ1v) is 4.55. The van der Waals surface area contributed by atoms with Gasteiger partial charge >= 0.3 is 0 Å². The Labute approximate surface area is 69.8 Å². The summed E-state index contributed by atoms with van der Waals surface area (Å²) in [6, 6.07) is 0. The maximum atomic E-state index is 5.75. The second kappa shape index (κ2) is 3.11. The predicted molar refractivity (Wildman–Crippen MR) is 48.4 cm³/mol. The summed E-state index contributed by atoms with van der Waals surface area (Å²) in [6.07, 6.45) is 0. The number of likely N-dealkylation sites (tertiary alicyclic amines) is 1. The topological polar surface area (TPSA) is 29.3 Å². The van der Waals surface area contributed by atoms with E-state index in [9.17, 15) is 0 Å². The highest BCUT2D eigenvalue weighted by molar-refractivity contribution is 4.91. The second-order valence-corrected chi connectivity index (χ2v) is 4.09. The molecule has 2 nitrogen and oxygen atoms in total. The Kier molecular flexibility index (Phi) is 2.55. The molecular weight excluding hydrogens is 136 g/mol. The van der Waals surface area contributed by atoms with Gasteiger partial charge in [-0.15, -0.1) is 0 Å². The van der Waals surface area contributed by atoms with E-state index in [1.165, 1.54) is 19.6 Å². The summed E-state index contributed by atoms with van der Waals surface area (Å²) in [7, 11) is 0. The molecule has 1 fully saturated rings. The molecule has 1 aliphatic rings. The van der Waals surface area contributed by atoms with Gasteiger partial charge in [-0.3, -0.25) is 0 Å². The van der Waals surface area contributed by atoms with Gasteiger partial charge < -0.3 is 10.6 Å². The third kappa shape index (κ3) is 1.57. The summed E-state index contributed by atoms with van der Waals surface area (Å²) in [6.45, 7) is 11.2.